The Labute approximate surface area is 154 Å². The van der Waals surface area contributed by atoms with Crippen LogP contribution in [-0.2, 0) is 19.6 Å². The molecule has 1 atom stereocenters. The molecule has 1 unspecified atom stereocenters. The summed E-state index contributed by atoms with van der Waals surface area (Å²) in [5.74, 6) is -0.827. The quantitative estimate of drug-likeness (QED) is 0.627. The number of benzene rings is 1. The van der Waals surface area contributed by atoms with Crippen LogP contribution < -0.4 is 0 Å². The van der Waals surface area contributed by atoms with Crippen LogP contribution in [0.4, 0.5) is 0 Å². The van der Waals surface area contributed by atoms with Crippen molar-refractivity contribution in [2.24, 2.45) is 0 Å². The second-order valence-corrected chi connectivity index (χ2v) is 8.12. The second kappa shape index (κ2) is 9.65. The number of aliphatic hydroxyl groups is 1. The molecule has 1 amide bonds. The molecule has 0 saturated carbocycles. The number of hydrogen-bond donors (Lipinski definition) is 1. The number of aliphatic hydroxyl groups excluding tert-OH is 1. The van der Waals surface area contributed by atoms with Crippen molar-refractivity contribution in [1.29, 1.82) is 0 Å². The molecule has 1 rings (SSSR count). The number of esters is 1. The number of ether oxygens (including phenoxy) is 1. The monoisotopic (exact) mass is 386 g/mol. The lowest BCUT2D eigenvalue weighted by atomic mass is 10.2. The molecule has 1 aromatic carbocycles. The number of carbonyl (C=O) groups excluding carboxylic acids is 2. The average Bonchev–Trinajstić information content (AvgIpc) is 2.58. The fourth-order valence-corrected chi connectivity index (χ4v) is 3.12. The fraction of sp³-hybridized carbons (Fsp3) is 0.529. The van der Waals surface area contributed by atoms with Crippen molar-refractivity contribution in [3.8, 4) is 0 Å². The van der Waals surface area contributed by atoms with Gasteiger partial charge in [-0.15, -0.1) is 0 Å². The topological polar surface area (TPSA) is 104 Å². The van der Waals surface area contributed by atoms with Gasteiger partial charge in [0.15, 0.2) is 0 Å². The third-order valence-corrected chi connectivity index (χ3v) is 5.37. The predicted molar refractivity (Wildman–Crippen MR) is 96.1 cm³/mol. The molecule has 1 aromatic rings. The minimum Gasteiger partial charge on any atom is -0.466 e. The Morgan fingerprint density at radius 2 is 1.77 bits per heavy atom. The highest BCUT2D eigenvalue weighted by atomic mass is 32.2. The standard InChI is InChI=1S/C17H26N2O6S/c1-5-25-16(21)10-11-19(12-13(2)20)17(22)14-6-8-15(9-7-14)26(23,24)18(3)4/h6-9,13,20H,5,10-12H2,1-4H3. The van der Waals surface area contributed by atoms with Crippen molar-refractivity contribution >= 4 is 21.9 Å². The minimum atomic E-state index is -3.58. The molecular weight excluding hydrogens is 360 g/mol. The van der Waals surface area contributed by atoms with E-state index in [0.29, 0.717) is 0 Å². The molecular formula is C17H26N2O6S. The summed E-state index contributed by atoms with van der Waals surface area (Å²) in [5, 5.41) is 9.60. The Bertz CT molecular complexity index is 713. The van der Waals surface area contributed by atoms with E-state index in [1.807, 2.05) is 0 Å². The van der Waals surface area contributed by atoms with E-state index in [1.165, 1.54) is 50.2 Å². The van der Waals surface area contributed by atoms with Gasteiger partial charge in [0.05, 0.1) is 24.0 Å². The molecule has 8 nitrogen and oxygen atoms in total. The second-order valence-electron chi connectivity index (χ2n) is 5.97. The van der Waals surface area contributed by atoms with Gasteiger partial charge in [-0.1, -0.05) is 0 Å². The highest BCUT2D eigenvalue weighted by Crippen LogP contribution is 2.15. The first-order valence-electron chi connectivity index (χ1n) is 8.25. The zero-order valence-corrected chi connectivity index (χ0v) is 16.3. The summed E-state index contributed by atoms with van der Waals surface area (Å²) in [5.41, 5.74) is 0.271. The van der Waals surface area contributed by atoms with Gasteiger partial charge in [0, 0.05) is 32.7 Å². The number of carbonyl (C=O) groups is 2. The van der Waals surface area contributed by atoms with E-state index >= 15 is 0 Å². The van der Waals surface area contributed by atoms with Crippen LogP contribution >= 0.6 is 0 Å². The maximum absolute atomic E-state index is 12.6. The molecule has 9 heteroatoms. The molecule has 0 spiro atoms. The van der Waals surface area contributed by atoms with E-state index < -0.39 is 28.0 Å². The van der Waals surface area contributed by atoms with Gasteiger partial charge >= 0.3 is 5.97 Å². The van der Waals surface area contributed by atoms with Crippen molar-refractivity contribution in [3.05, 3.63) is 29.8 Å². The van der Waals surface area contributed by atoms with E-state index in [9.17, 15) is 23.1 Å². The van der Waals surface area contributed by atoms with Gasteiger partial charge in [-0.05, 0) is 38.1 Å². The zero-order chi connectivity index (χ0) is 19.9. The maximum Gasteiger partial charge on any atom is 0.307 e. The minimum absolute atomic E-state index is 0.0133. The van der Waals surface area contributed by atoms with Crippen molar-refractivity contribution in [2.45, 2.75) is 31.3 Å². The van der Waals surface area contributed by atoms with E-state index in [1.54, 1.807) is 6.92 Å². The molecule has 0 aliphatic carbocycles. The summed E-state index contributed by atoms with van der Waals surface area (Å²) >= 11 is 0. The molecule has 0 radical (unpaired) electrons. The summed E-state index contributed by atoms with van der Waals surface area (Å²) < 4.78 is 30.1. The Kier molecular flexibility index (Phi) is 8.19. The molecule has 0 bridgehead atoms. The molecule has 1 N–H and O–H groups in total. The van der Waals surface area contributed by atoms with Gasteiger partial charge in [-0.25, -0.2) is 12.7 Å². The largest absolute Gasteiger partial charge is 0.466 e. The van der Waals surface area contributed by atoms with E-state index in [0.717, 1.165) is 4.31 Å². The highest BCUT2D eigenvalue weighted by molar-refractivity contribution is 7.89. The van der Waals surface area contributed by atoms with Crippen LogP contribution in [0.25, 0.3) is 0 Å². The van der Waals surface area contributed by atoms with Gasteiger partial charge in [0.2, 0.25) is 10.0 Å². The first-order chi connectivity index (χ1) is 12.1. The molecule has 0 fully saturated rings. The third kappa shape index (κ3) is 6.08. The van der Waals surface area contributed by atoms with Crippen LogP contribution in [0, 0.1) is 0 Å². The van der Waals surface area contributed by atoms with Crippen LogP contribution in [0.5, 0.6) is 0 Å². The number of amides is 1. The number of nitrogens with zero attached hydrogens (tertiary/aromatic N) is 2. The highest BCUT2D eigenvalue weighted by Gasteiger charge is 2.21. The number of rotatable bonds is 9. The summed E-state index contributed by atoms with van der Waals surface area (Å²) in [6, 6.07) is 5.54. The summed E-state index contributed by atoms with van der Waals surface area (Å²) in [6.45, 7) is 3.64. The van der Waals surface area contributed by atoms with Gasteiger partial charge in [0.25, 0.3) is 5.91 Å². The normalized spacial score (nSPS) is 12.7. The maximum atomic E-state index is 12.6. The summed E-state index contributed by atoms with van der Waals surface area (Å²) in [7, 11) is -0.730. The van der Waals surface area contributed by atoms with E-state index in [4.69, 9.17) is 4.74 Å². The van der Waals surface area contributed by atoms with Crippen LogP contribution in [0.15, 0.2) is 29.2 Å². The lowest BCUT2D eigenvalue weighted by Gasteiger charge is -2.24. The lowest BCUT2D eigenvalue weighted by molar-refractivity contribution is -0.143. The Balaban J connectivity index is 2.95. The third-order valence-electron chi connectivity index (χ3n) is 3.54. The van der Waals surface area contributed by atoms with Crippen molar-refractivity contribution in [2.75, 3.05) is 33.8 Å². The van der Waals surface area contributed by atoms with Gasteiger partial charge in [-0.2, -0.15) is 0 Å². The molecule has 0 aliphatic rings. The first kappa shape index (κ1) is 22.1. The molecule has 26 heavy (non-hydrogen) atoms. The Morgan fingerprint density at radius 1 is 1.19 bits per heavy atom. The molecule has 0 aromatic heterocycles. The predicted octanol–water partition coefficient (Wildman–Crippen LogP) is 0.713. The summed E-state index contributed by atoms with van der Waals surface area (Å²) in [4.78, 5) is 25.6. The smallest absolute Gasteiger partial charge is 0.307 e. The Morgan fingerprint density at radius 3 is 2.23 bits per heavy atom. The first-order valence-corrected chi connectivity index (χ1v) is 9.69. The molecule has 0 saturated heterocycles. The molecule has 0 heterocycles. The van der Waals surface area contributed by atoms with Crippen LogP contribution in [0.2, 0.25) is 0 Å². The average molecular weight is 386 g/mol. The zero-order valence-electron chi connectivity index (χ0n) is 15.5. The SMILES string of the molecule is CCOC(=O)CCN(CC(C)O)C(=O)c1ccc(S(=O)(=O)N(C)C)cc1. The van der Waals surface area contributed by atoms with Crippen LogP contribution in [0.3, 0.4) is 0 Å². The van der Waals surface area contributed by atoms with Crippen molar-refractivity contribution in [3.63, 3.8) is 0 Å². The number of hydrogen-bond acceptors (Lipinski definition) is 6. The van der Waals surface area contributed by atoms with Crippen molar-refractivity contribution < 1.29 is 27.9 Å². The van der Waals surface area contributed by atoms with Crippen LogP contribution in [-0.4, -0.2) is 74.5 Å². The molecule has 146 valence electrons. The van der Waals surface area contributed by atoms with E-state index in [2.05, 4.69) is 0 Å². The summed E-state index contributed by atoms with van der Waals surface area (Å²) in [6.07, 6.45) is -0.756. The molecule has 0 aliphatic heterocycles. The number of sulfonamides is 1. The fourth-order valence-electron chi connectivity index (χ4n) is 2.22. The van der Waals surface area contributed by atoms with Gasteiger partial charge < -0.3 is 14.7 Å². The van der Waals surface area contributed by atoms with Crippen LogP contribution in [0.1, 0.15) is 30.6 Å². The van der Waals surface area contributed by atoms with Crippen molar-refractivity contribution in [1.82, 2.24) is 9.21 Å². The Hall–Kier alpha value is -1.97. The van der Waals surface area contributed by atoms with Gasteiger partial charge in [0.1, 0.15) is 0 Å². The lowest BCUT2D eigenvalue weighted by Crippen LogP contribution is -2.38. The van der Waals surface area contributed by atoms with Gasteiger partial charge in [-0.3, -0.25) is 9.59 Å². The van der Waals surface area contributed by atoms with E-state index in [-0.39, 0.29) is 36.6 Å².